The van der Waals surface area contributed by atoms with Gasteiger partial charge in [0, 0.05) is 11.8 Å². The molecule has 0 saturated carbocycles. The Balaban J connectivity index is 1.57. The summed E-state index contributed by atoms with van der Waals surface area (Å²) in [5, 5.41) is 3.24. The Hall–Kier alpha value is -2.36. The summed E-state index contributed by atoms with van der Waals surface area (Å²) in [6, 6.07) is 11.7. The molecular formula is C20H22N2O2. The van der Waals surface area contributed by atoms with Crippen molar-refractivity contribution in [1.82, 2.24) is 10.3 Å². The topological polar surface area (TPSA) is 62.0 Å². The Bertz CT molecular complexity index is 824. The molecule has 4 nitrogen and oxygen atoms in total. The van der Waals surface area contributed by atoms with E-state index in [2.05, 4.69) is 22.4 Å². The van der Waals surface area contributed by atoms with Crippen LogP contribution in [0.15, 0.2) is 41.2 Å². The molecule has 124 valence electrons. The molecule has 4 heteroatoms. The van der Waals surface area contributed by atoms with E-state index in [1.54, 1.807) is 6.07 Å². The number of rotatable bonds is 2. The van der Waals surface area contributed by atoms with Crippen LogP contribution >= 0.6 is 0 Å². The van der Waals surface area contributed by atoms with Gasteiger partial charge in [-0.2, -0.15) is 0 Å². The number of hydrogen-bond donors (Lipinski definition) is 2. The molecule has 0 saturated heterocycles. The van der Waals surface area contributed by atoms with Crippen LogP contribution in [0.1, 0.15) is 60.0 Å². The number of aryl methyl sites for hydroxylation is 2. The number of hydrogen-bond acceptors (Lipinski definition) is 2. The molecule has 0 aliphatic heterocycles. The lowest BCUT2D eigenvalue weighted by atomic mass is 9.82. The van der Waals surface area contributed by atoms with Crippen molar-refractivity contribution < 1.29 is 4.79 Å². The fourth-order valence-electron chi connectivity index (χ4n) is 4.15. The van der Waals surface area contributed by atoms with Gasteiger partial charge in [-0.3, -0.25) is 9.59 Å². The maximum absolute atomic E-state index is 12.9. The molecule has 1 heterocycles. The summed E-state index contributed by atoms with van der Waals surface area (Å²) in [6.07, 6.45) is 5.83. The van der Waals surface area contributed by atoms with Crippen LogP contribution in [0, 0.1) is 0 Å². The van der Waals surface area contributed by atoms with E-state index >= 15 is 0 Å². The molecule has 0 fully saturated rings. The number of benzene rings is 1. The van der Waals surface area contributed by atoms with Gasteiger partial charge in [-0.1, -0.05) is 24.3 Å². The van der Waals surface area contributed by atoms with Gasteiger partial charge in [0.15, 0.2) is 0 Å². The standard InChI is InChI=1S/C20H22N2O2/c23-19-12-11-16-17(21-19)9-4-10-18(16)22-20(24)15-8-3-6-13-5-1-2-7-14(13)15/h1-2,5,7,11-12,15,18H,3-4,6,8-10H2,(H,21,23)(H,22,24)/t15-,18-/m1/s1. The molecule has 0 bridgehead atoms. The third kappa shape index (κ3) is 2.77. The van der Waals surface area contributed by atoms with Crippen molar-refractivity contribution in [2.24, 2.45) is 0 Å². The van der Waals surface area contributed by atoms with Crippen molar-refractivity contribution in [3.63, 3.8) is 0 Å². The molecule has 2 N–H and O–H groups in total. The lowest BCUT2D eigenvalue weighted by molar-refractivity contribution is -0.123. The van der Waals surface area contributed by atoms with Gasteiger partial charge in [-0.05, 0) is 61.3 Å². The smallest absolute Gasteiger partial charge is 0.248 e. The predicted octanol–water partition coefficient (Wildman–Crippen LogP) is 2.99. The van der Waals surface area contributed by atoms with Gasteiger partial charge < -0.3 is 10.3 Å². The van der Waals surface area contributed by atoms with Crippen molar-refractivity contribution in [1.29, 1.82) is 0 Å². The molecule has 24 heavy (non-hydrogen) atoms. The van der Waals surface area contributed by atoms with Crippen molar-refractivity contribution in [3.05, 3.63) is 69.1 Å². The number of carbonyl (C=O) groups excluding carboxylic acids is 1. The van der Waals surface area contributed by atoms with Crippen LogP contribution in [0.4, 0.5) is 0 Å². The second-order valence-electron chi connectivity index (χ2n) is 6.85. The molecule has 1 aromatic carbocycles. The molecule has 1 amide bonds. The lowest BCUT2D eigenvalue weighted by Gasteiger charge is -2.30. The maximum Gasteiger partial charge on any atom is 0.248 e. The molecule has 1 aromatic heterocycles. The number of aromatic nitrogens is 1. The Labute approximate surface area is 141 Å². The Morgan fingerprint density at radius 1 is 1.00 bits per heavy atom. The summed E-state index contributed by atoms with van der Waals surface area (Å²) in [4.78, 5) is 27.4. The molecule has 2 atom stereocenters. The summed E-state index contributed by atoms with van der Waals surface area (Å²) in [7, 11) is 0. The van der Waals surface area contributed by atoms with E-state index in [1.165, 1.54) is 11.1 Å². The highest BCUT2D eigenvalue weighted by Gasteiger charge is 2.29. The zero-order valence-corrected chi connectivity index (χ0v) is 13.7. The molecule has 2 aliphatic carbocycles. The highest BCUT2D eigenvalue weighted by molar-refractivity contribution is 5.84. The normalized spacial score (nSPS) is 22.3. The third-order valence-corrected chi connectivity index (χ3v) is 5.33. The Kier molecular flexibility index (Phi) is 3.97. The van der Waals surface area contributed by atoms with Gasteiger partial charge in [0.25, 0.3) is 0 Å². The Morgan fingerprint density at radius 2 is 1.83 bits per heavy atom. The second kappa shape index (κ2) is 6.27. The molecule has 4 rings (SSSR count). The predicted molar refractivity (Wildman–Crippen MR) is 93.0 cm³/mol. The van der Waals surface area contributed by atoms with Gasteiger partial charge in [-0.25, -0.2) is 0 Å². The largest absolute Gasteiger partial charge is 0.349 e. The average molecular weight is 322 g/mol. The number of nitrogens with one attached hydrogen (secondary N) is 2. The maximum atomic E-state index is 12.9. The van der Waals surface area contributed by atoms with Crippen LogP contribution < -0.4 is 10.9 Å². The quantitative estimate of drug-likeness (QED) is 0.893. The molecule has 2 aliphatic rings. The fourth-order valence-corrected chi connectivity index (χ4v) is 4.15. The van der Waals surface area contributed by atoms with E-state index in [1.807, 2.05) is 18.2 Å². The first-order valence-electron chi connectivity index (χ1n) is 8.82. The van der Waals surface area contributed by atoms with Gasteiger partial charge in [0.2, 0.25) is 11.5 Å². The minimum atomic E-state index is -0.0677. The first kappa shape index (κ1) is 15.2. The average Bonchev–Trinajstić information content (AvgIpc) is 2.61. The zero-order chi connectivity index (χ0) is 16.5. The summed E-state index contributed by atoms with van der Waals surface area (Å²) >= 11 is 0. The minimum Gasteiger partial charge on any atom is -0.349 e. The first-order chi connectivity index (χ1) is 11.7. The number of H-pyrrole nitrogens is 1. The summed E-state index contributed by atoms with van der Waals surface area (Å²) in [6.45, 7) is 0. The van der Waals surface area contributed by atoms with E-state index < -0.39 is 0 Å². The molecule has 0 spiro atoms. The van der Waals surface area contributed by atoms with Crippen LogP contribution in [0.3, 0.4) is 0 Å². The van der Waals surface area contributed by atoms with Crippen molar-refractivity contribution in [3.8, 4) is 0 Å². The Morgan fingerprint density at radius 3 is 2.75 bits per heavy atom. The van der Waals surface area contributed by atoms with Crippen LogP contribution in [-0.4, -0.2) is 10.9 Å². The number of amides is 1. The monoisotopic (exact) mass is 322 g/mol. The van der Waals surface area contributed by atoms with Crippen LogP contribution in [-0.2, 0) is 17.6 Å². The number of pyridine rings is 1. The summed E-state index contributed by atoms with van der Waals surface area (Å²) < 4.78 is 0. The van der Waals surface area contributed by atoms with Gasteiger partial charge in [0.1, 0.15) is 0 Å². The van der Waals surface area contributed by atoms with Crippen molar-refractivity contribution >= 4 is 5.91 Å². The number of aromatic amines is 1. The lowest BCUT2D eigenvalue weighted by Crippen LogP contribution is -2.36. The van der Waals surface area contributed by atoms with E-state index in [0.29, 0.717) is 0 Å². The summed E-state index contributed by atoms with van der Waals surface area (Å²) in [5.74, 6) is 0.0642. The van der Waals surface area contributed by atoms with Crippen LogP contribution in [0.25, 0.3) is 0 Å². The zero-order valence-electron chi connectivity index (χ0n) is 13.7. The molecule has 2 aromatic rings. The van der Waals surface area contributed by atoms with Crippen molar-refractivity contribution in [2.45, 2.75) is 50.5 Å². The molecular weight excluding hydrogens is 300 g/mol. The highest BCUT2D eigenvalue weighted by Crippen LogP contribution is 2.33. The molecule has 0 radical (unpaired) electrons. The van der Waals surface area contributed by atoms with Gasteiger partial charge >= 0.3 is 0 Å². The summed E-state index contributed by atoms with van der Waals surface area (Å²) in [5.41, 5.74) is 4.46. The SMILES string of the molecule is O=C(N[C@@H]1CCCc2[nH]c(=O)ccc21)[C@@H]1CCCc2ccccc21. The van der Waals surface area contributed by atoms with E-state index in [0.717, 1.165) is 49.8 Å². The minimum absolute atomic E-state index is 0.00666. The van der Waals surface area contributed by atoms with Crippen molar-refractivity contribution in [2.75, 3.05) is 0 Å². The van der Waals surface area contributed by atoms with Gasteiger partial charge in [-0.15, -0.1) is 0 Å². The first-order valence-corrected chi connectivity index (χ1v) is 8.82. The van der Waals surface area contributed by atoms with Crippen LogP contribution in [0.2, 0.25) is 0 Å². The second-order valence-corrected chi connectivity index (χ2v) is 6.85. The highest BCUT2D eigenvalue weighted by atomic mass is 16.2. The molecule has 0 unspecified atom stereocenters. The van der Waals surface area contributed by atoms with E-state index in [-0.39, 0.29) is 23.4 Å². The number of carbonyl (C=O) groups is 1. The van der Waals surface area contributed by atoms with E-state index in [4.69, 9.17) is 0 Å². The van der Waals surface area contributed by atoms with Crippen LogP contribution in [0.5, 0.6) is 0 Å². The van der Waals surface area contributed by atoms with Gasteiger partial charge in [0.05, 0.1) is 12.0 Å². The third-order valence-electron chi connectivity index (χ3n) is 5.33. The number of fused-ring (bicyclic) bond motifs is 2. The van der Waals surface area contributed by atoms with E-state index in [9.17, 15) is 9.59 Å². The fraction of sp³-hybridized carbons (Fsp3) is 0.400.